The summed E-state index contributed by atoms with van der Waals surface area (Å²) >= 11 is 12.0. The molecule has 2 aromatic rings. The Morgan fingerprint density at radius 3 is 2.36 bits per heavy atom. The molecule has 1 aliphatic carbocycles. The number of imide groups is 1. The molecule has 2 heterocycles. The lowest BCUT2D eigenvalue weighted by atomic mass is 9.81. The lowest BCUT2D eigenvalue weighted by Crippen LogP contribution is -2.30. The second-order valence-electron chi connectivity index (χ2n) is 6.65. The van der Waals surface area contributed by atoms with Gasteiger partial charge in [-0.05, 0) is 30.5 Å². The third kappa shape index (κ3) is 2.96. The van der Waals surface area contributed by atoms with Crippen LogP contribution >= 0.6 is 23.2 Å². The molecule has 1 aliphatic heterocycles. The fourth-order valence-corrected chi connectivity index (χ4v) is 4.12. The number of hydrogen-bond acceptors (Lipinski definition) is 3. The van der Waals surface area contributed by atoms with E-state index in [1.807, 2.05) is 6.07 Å². The molecular formula is C18H17Cl2N3O2. The standard InChI is InChI=1S/C18H17Cl2N3O2/c19-15-6-5-11(7-16(15)20)9-22-10-12(8-21-22)23-17(24)13-3-1-2-4-14(13)18(23)25/h5-8,10,13-14H,1-4,9H2/t13-,14-/m0/s1. The first kappa shape index (κ1) is 16.6. The number of carbonyl (C=O) groups excluding carboxylic acids is 2. The zero-order valence-electron chi connectivity index (χ0n) is 13.5. The number of amides is 2. The van der Waals surface area contributed by atoms with E-state index in [0.29, 0.717) is 22.3 Å². The van der Waals surface area contributed by atoms with Crippen molar-refractivity contribution in [1.82, 2.24) is 9.78 Å². The molecule has 0 radical (unpaired) electrons. The van der Waals surface area contributed by atoms with Gasteiger partial charge < -0.3 is 0 Å². The fraction of sp³-hybridized carbons (Fsp3) is 0.389. The van der Waals surface area contributed by atoms with Crippen LogP contribution in [0.1, 0.15) is 31.2 Å². The van der Waals surface area contributed by atoms with Crippen molar-refractivity contribution in [2.75, 3.05) is 4.90 Å². The van der Waals surface area contributed by atoms with E-state index in [2.05, 4.69) is 5.10 Å². The smallest absolute Gasteiger partial charge is 0.237 e. The highest BCUT2D eigenvalue weighted by atomic mass is 35.5. The molecule has 7 heteroatoms. The maximum absolute atomic E-state index is 12.6. The van der Waals surface area contributed by atoms with E-state index in [9.17, 15) is 9.59 Å². The van der Waals surface area contributed by atoms with Crippen molar-refractivity contribution in [2.24, 2.45) is 11.8 Å². The van der Waals surface area contributed by atoms with E-state index in [1.165, 1.54) is 4.90 Å². The molecule has 0 spiro atoms. The van der Waals surface area contributed by atoms with Gasteiger partial charge in [0, 0.05) is 6.20 Å². The number of benzene rings is 1. The summed E-state index contributed by atoms with van der Waals surface area (Å²) in [6.07, 6.45) is 6.96. The monoisotopic (exact) mass is 377 g/mol. The summed E-state index contributed by atoms with van der Waals surface area (Å²) in [7, 11) is 0. The molecule has 2 fully saturated rings. The van der Waals surface area contributed by atoms with Crippen LogP contribution in [0.3, 0.4) is 0 Å². The lowest BCUT2D eigenvalue weighted by Gasteiger charge is -2.19. The molecule has 0 bridgehead atoms. The van der Waals surface area contributed by atoms with Crippen LogP contribution in [0, 0.1) is 11.8 Å². The topological polar surface area (TPSA) is 55.2 Å². The molecule has 2 atom stereocenters. The average Bonchev–Trinajstić information content (AvgIpc) is 3.15. The minimum Gasteiger partial charge on any atom is -0.274 e. The van der Waals surface area contributed by atoms with E-state index in [1.54, 1.807) is 29.2 Å². The van der Waals surface area contributed by atoms with Gasteiger partial charge in [0.1, 0.15) is 0 Å². The van der Waals surface area contributed by atoms with E-state index in [4.69, 9.17) is 23.2 Å². The van der Waals surface area contributed by atoms with Crippen molar-refractivity contribution in [3.63, 3.8) is 0 Å². The molecule has 5 nitrogen and oxygen atoms in total. The summed E-state index contributed by atoms with van der Waals surface area (Å²) in [6.45, 7) is 0.486. The van der Waals surface area contributed by atoms with Gasteiger partial charge in [-0.25, -0.2) is 4.90 Å². The van der Waals surface area contributed by atoms with Crippen molar-refractivity contribution in [2.45, 2.75) is 32.2 Å². The van der Waals surface area contributed by atoms with Crippen LogP contribution in [-0.4, -0.2) is 21.6 Å². The number of halogens is 2. The summed E-state index contributed by atoms with van der Waals surface area (Å²) in [5.41, 5.74) is 1.49. The Labute approximate surface area is 155 Å². The molecule has 2 amide bonds. The predicted molar refractivity (Wildman–Crippen MR) is 95.7 cm³/mol. The largest absolute Gasteiger partial charge is 0.274 e. The SMILES string of the molecule is O=C1[C@H]2CCCC[C@@H]2C(=O)N1c1cnn(Cc2ccc(Cl)c(Cl)c2)c1. The van der Waals surface area contributed by atoms with Crippen molar-refractivity contribution in [1.29, 1.82) is 0 Å². The minimum absolute atomic E-state index is 0.0798. The van der Waals surface area contributed by atoms with E-state index in [0.717, 1.165) is 31.2 Å². The summed E-state index contributed by atoms with van der Waals surface area (Å²) in [5, 5.41) is 5.28. The highest BCUT2D eigenvalue weighted by Gasteiger charge is 2.49. The molecule has 130 valence electrons. The molecule has 2 aliphatic rings. The Balaban J connectivity index is 1.55. The van der Waals surface area contributed by atoms with Crippen LogP contribution < -0.4 is 4.90 Å². The number of hydrogen-bond donors (Lipinski definition) is 0. The van der Waals surface area contributed by atoms with E-state index >= 15 is 0 Å². The Morgan fingerprint density at radius 1 is 1.04 bits per heavy atom. The average molecular weight is 378 g/mol. The molecule has 25 heavy (non-hydrogen) atoms. The van der Waals surface area contributed by atoms with Crippen molar-refractivity contribution in [3.8, 4) is 0 Å². The zero-order valence-corrected chi connectivity index (χ0v) is 15.0. The predicted octanol–water partition coefficient (Wildman–Crippen LogP) is 3.92. The maximum atomic E-state index is 12.6. The number of aromatic nitrogens is 2. The van der Waals surface area contributed by atoms with Gasteiger partial charge in [-0.3, -0.25) is 14.3 Å². The van der Waals surface area contributed by atoms with Crippen molar-refractivity contribution >= 4 is 40.7 Å². The Morgan fingerprint density at radius 2 is 1.72 bits per heavy atom. The highest BCUT2D eigenvalue weighted by molar-refractivity contribution is 6.42. The van der Waals surface area contributed by atoms with Gasteiger partial charge in [0.05, 0.1) is 40.3 Å². The molecule has 1 saturated heterocycles. The van der Waals surface area contributed by atoms with Crippen LogP contribution in [0.15, 0.2) is 30.6 Å². The number of nitrogens with zero attached hydrogens (tertiary/aromatic N) is 3. The first-order valence-corrected chi connectivity index (χ1v) is 9.14. The summed E-state index contributed by atoms with van der Waals surface area (Å²) in [4.78, 5) is 26.6. The summed E-state index contributed by atoms with van der Waals surface area (Å²) < 4.78 is 1.69. The number of anilines is 1. The minimum atomic E-state index is -0.153. The first-order chi connectivity index (χ1) is 12.0. The molecule has 0 unspecified atom stereocenters. The third-order valence-electron chi connectivity index (χ3n) is 5.05. The van der Waals surface area contributed by atoms with Gasteiger partial charge >= 0.3 is 0 Å². The Hall–Kier alpha value is -1.85. The second-order valence-corrected chi connectivity index (χ2v) is 7.47. The number of rotatable bonds is 3. The highest BCUT2D eigenvalue weighted by Crippen LogP contribution is 2.39. The zero-order chi connectivity index (χ0) is 17.6. The lowest BCUT2D eigenvalue weighted by molar-refractivity contribution is -0.122. The number of carbonyl (C=O) groups is 2. The third-order valence-corrected chi connectivity index (χ3v) is 5.79. The molecule has 4 rings (SSSR count). The van der Waals surface area contributed by atoms with Gasteiger partial charge in [0.2, 0.25) is 11.8 Å². The van der Waals surface area contributed by atoms with Crippen LogP contribution in [0.4, 0.5) is 5.69 Å². The van der Waals surface area contributed by atoms with Gasteiger partial charge in [0.25, 0.3) is 0 Å². The Bertz CT molecular complexity index is 825. The first-order valence-electron chi connectivity index (χ1n) is 8.39. The number of fused-ring (bicyclic) bond motifs is 1. The van der Waals surface area contributed by atoms with Crippen LogP contribution in [0.25, 0.3) is 0 Å². The fourth-order valence-electron chi connectivity index (χ4n) is 3.80. The molecule has 1 aromatic carbocycles. The molecule has 0 N–H and O–H groups in total. The maximum Gasteiger partial charge on any atom is 0.237 e. The summed E-state index contributed by atoms with van der Waals surface area (Å²) in [5.74, 6) is -0.466. The van der Waals surface area contributed by atoms with E-state index < -0.39 is 0 Å². The molecule has 1 saturated carbocycles. The van der Waals surface area contributed by atoms with Crippen LogP contribution in [-0.2, 0) is 16.1 Å². The van der Waals surface area contributed by atoms with Crippen LogP contribution in [0.2, 0.25) is 10.0 Å². The normalized spacial score (nSPS) is 23.2. The van der Waals surface area contributed by atoms with Gasteiger partial charge in [0.15, 0.2) is 0 Å². The quantitative estimate of drug-likeness (QED) is 0.761. The summed E-state index contributed by atoms with van der Waals surface area (Å²) in [6, 6.07) is 5.39. The molecule has 1 aromatic heterocycles. The van der Waals surface area contributed by atoms with E-state index in [-0.39, 0.29) is 23.7 Å². The van der Waals surface area contributed by atoms with Crippen molar-refractivity contribution in [3.05, 3.63) is 46.2 Å². The van der Waals surface area contributed by atoms with Gasteiger partial charge in [-0.15, -0.1) is 0 Å². The van der Waals surface area contributed by atoms with Crippen LogP contribution in [0.5, 0.6) is 0 Å². The van der Waals surface area contributed by atoms with Crippen molar-refractivity contribution < 1.29 is 9.59 Å². The van der Waals surface area contributed by atoms with Gasteiger partial charge in [-0.2, -0.15) is 5.10 Å². The van der Waals surface area contributed by atoms with Gasteiger partial charge in [-0.1, -0.05) is 42.1 Å². The second kappa shape index (κ2) is 6.46. The Kier molecular flexibility index (Phi) is 4.29. The molecular weight excluding hydrogens is 361 g/mol.